The van der Waals surface area contributed by atoms with Crippen molar-refractivity contribution >= 4 is 34.9 Å². The number of carbonyl (C=O) groups is 1. The molecule has 1 amide bonds. The maximum Gasteiger partial charge on any atom is 0.407 e. The quantitative estimate of drug-likeness (QED) is 0.175. The lowest BCUT2D eigenvalue weighted by Gasteiger charge is -2.43. The van der Waals surface area contributed by atoms with Crippen molar-refractivity contribution in [3.8, 4) is 0 Å². The van der Waals surface area contributed by atoms with E-state index in [9.17, 15) is 13.2 Å². The van der Waals surface area contributed by atoms with Crippen LogP contribution < -0.4 is 15.7 Å². The third kappa shape index (κ3) is 11.5. The van der Waals surface area contributed by atoms with Gasteiger partial charge in [0.15, 0.2) is 0 Å². The van der Waals surface area contributed by atoms with Gasteiger partial charge in [0.25, 0.3) is 18.4 Å². The topological polar surface area (TPSA) is 100 Å². The summed E-state index contributed by atoms with van der Waals surface area (Å²) >= 11 is 0. The Morgan fingerprint density at radius 3 is 1.83 bits per heavy atom. The molecule has 0 heterocycles. The Balaban J connectivity index is 1.91. The summed E-state index contributed by atoms with van der Waals surface area (Å²) in [5.74, 6) is -0.270. The molecular weight excluding hydrogens is 558 g/mol. The summed E-state index contributed by atoms with van der Waals surface area (Å²) in [4.78, 5) is 11.6. The molecule has 41 heavy (non-hydrogen) atoms. The molecule has 0 aliphatic heterocycles. The molecule has 0 aromatic heterocycles. The van der Waals surface area contributed by atoms with Gasteiger partial charge in [-0.2, -0.15) is 8.42 Å². The van der Waals surface area contributed by atoms with E-state index in [1.165, 1.54) is 10.4 Å². The molecule has 0 spiro atoms. The Labute approximate surface area is 248 Å². The lowest BCUT2D eigenvalue weighted by atomic mass is 9.91. The van der Waals surface area contributed by atoms with E-state index in [0.29, 0.717) is 13.0 Å². The monoisotopic (exact) mass is 607 g/mol. The number of ether oxygens (including phenoxy) is 2. The van der Waals surface area contributed by atoms with Gasteiger partial charge >= 0.3 is 6.09 Å². The minimum absolute atomic E-state index is 0.0320. The van der Waals surface area contributed by atoms with Crippen LogP contribution in [-0.2, 0) is 28.2 Å². The van der Waals surface area contributed by atoms with Gasteiger partial charge in [0, 0.05) is 13.2 Å². The first-order chi connectivity index (χ1) is 19.0. The average molecular weight is 608 g/mol. The second-order valence-electron chi connectivity index (χ2n) is 13.0. The largest absolute Gasteiger partial charge is 0.444 e. The van der Waals surface area contributed by atoms with Crippen LogP contribution in [0.1, 0.15) is 61.8 Å². The van der Waals surface area contributed by atoms with E-state index in [4.69, 9.17) is 18.1 Å². The van der Waals surface area contributed by atoms with Crippen molar-refractivity contribution in [2.45, 2.75) is 72.5 Å². The standard InChI is InChI=1S/C31H49NO7SSi/c1-29(2,3)39-28(33)32-20-22-36-23-24-40(34,35)37-25-31(7,8)19-21-38-41(30(4,5)6,26-15-11-9-12-16-26)27-17-13-10-14-18-27/h9-18H,19-25H2,1-8H3,(H,32,33). The van der Waals surface area contributed by atoms with E-state index in [0.717, 1.165) is 0 Å². The van der Waals surface area contributed by atoms with Crippen LogP contribution in [0.25, 0.3) is 0 Å². The maximum atomic E-state index is 12.5. The summed E-state index contributed by atoms with van der Waals surface area (Å²) in [7, 11) is -6.44. The molecule has 0 radical (unpaired) electrons. The number of benzene rings is 2. The van der Waals surface area contributed by atoms with Gasteiger partial charge in [-0.05, 0) is 48.0 Å². The zero-order chi connectivity index (χ0) is 30.8. The second-order valence-corrected chi connectivity index (χ2v) is 19.1. The summed E-state index contributed by atoms with van der Waals surface area (Å²) < 4.78 is 47.8. The molecule has 10 heteroatoms. The molecule has 2 rings (SSSR count). The van der Waals surface area contributed by atoms with Gasteiger partial charge in [0.2, 0.25) is 0 Å². The smallest absolute Gasteiger partial charge is 0.407 e. The zero-order valence-electron chi connectivity index (χ0n) is 26.0. The molecule has 0 atom stereocenters. The van der Waals surface area contributed by atoms with Crippen LogP contribution in [0.15, 0.2) is 60.7 Å². The van der Waals surface area contributed by atoms with Gasteiger partial charge in [-0.25, -0.2) is 4.79 Å². The Kier molecular flexibility index (Phi) is 12.6. The first-order valence-corrected chi connectivity index (χ1v) is 17.6. The van der Waals surface area contributed by atoms with Crippen molar-refractivity contribution in [3.63, 3.8) is 0 Å². The summed E-state index contributed by atoms with van der Waals surface area (Å²) in [6.45, 7) is 16.9. The molecule has 1 N–H and O–H groups in total. The van der Waals surface area contributed by atoms with E-state index in [1.807, 2.05) is 26.0 Å². The number of nitrogens with one attached hydrogen (secondary N) is 1. The average Bonchev–Trinajstić information content (AvgIpc) is 2.87. The molecular formula is C31H49NO7SSi. The Hall–Kier alpha value is -2.24. The molecule has 0 bridgehead atoms. The van der Waals surface area contributed by atoms with E-state index in [1.54, 1.807) is 20.8 Å². The van der Waals surface area contributed by atoms with Crippen molar-refractivity contribution in [2.24, 2.45) is 5.41 Å². The normalized spacial score (nSPS) is 13.2. The predicted molar refractivity (Wildman–Crippen MR) is 167 cm³/mol. The van der Waals surface area contributed by atoms with Gasteiger partial charge < -0.3 is 19.2 Å². The molecule has 0 saturated carbocycles. The highest BCUT2D eigenvalue weighted by Crippen LogP contribution is 2.37. The van der Waals surface area contributed by atoms with E-state index in [2.05, 4.69) is 74.6 Å². The fraction of sp³-hybridized carbons (Fsp3) is 0.581. The fourth-order valence-corrected chi connectivity index (χ4v) is 9.93. The second kappa shape index (κ2) is 14.8. The number of amides is 1. The molecule has 8 nitrogen and oxygen atoms in total. The Morgan fingerprint density at radius 2 is 1.34 bits per heavy atom. The number of hydrogen-bond acceptors (Lipinski definition) is 7. The van der Waals surface area contributed by atoms with Crippen LogP contribution in [0.5, 0.6) is 0 Å². The van der Waals surface area contributed by atoms with Gasteiger partial charge in [-0.3, -0.25) is 4.18 Å². The van der Waals surface area contributed by atoms with Crippen molar-refractivity contribution < 1.29 is 31.3 Å². The van der Waals surface area contributed by atoms with E-state index >= 15 is 0 Å². The van der Waals surface area contributed by atoms with Crippen molar-refractivity contribution in [1.82, 2.24) is 5.32 Å². The molecule has 0 fully saturated rings. The van der Waals surface area contributed by atoms with Crippen LogP contribution in [0.3, 0.4) is 0 Å². The number of rotatable bonds is 15. The minimum atomic E-state index is -3.77. The third-order valence-electron chi connectivity index (χ3n) is 6.54. The molecule has 0 aliphatic carbocycles. The highest BCUT2D eigenvalue weighted by atomic mass is 32.2. The third-order valence-corrected chi connectivity index (χ3v) is 12.7. The molecule has 0 saturated heterocycles. The first kappa shape index (κ1) is 35.0. The molecule has 2 aromatic rings. The predicted octanol–water partition coefficient (Wildman–Crippen LogP) is 4.87. The van der Waals surface area contributed by atoms with Gasteiger partial charge in [0.05, 0.1) is 25.6 Å². The van der Waals surface area contributed by atoms with Crippen LogP contribution in [0.4, 0.5) is 4.79 Å². The minimum Gasteiger partial charge on any atom is -0.444 e. The van der Waals surface area contributed by atoms with Gasteiger partial charge in [0.1, 0.15) is 5.60 Å². The molecule has 2 aromatic carbocycles. The lowest BCUT2D eigenvalue weighted by molar-refractivity contribution is 0.0502. The maximum absolute atomic E-state index is 12.5. The number of carbonyl (C=O) groups excluding carboxylic acids is 1. The highest BCUT2D eigenvalue weighted by molar-refractivity contribution is 7.86. The SMILES string of the molecule is CC(C)(CCO[Si](c1ccccc1)(c1ccccc1)C(C)(C)C)COS(=O)(=O)CCOCCNC(=O)OC(C)(C)C. The summed E-state index contributed by atoms with van der Waals surface area (Å²) in [6, 6.07) is 20.9. The molecule has 0 aliphatic rings. The molecule has 0 unspecified atom stereocenters. The van der Waals surface area contributed by atoms with Crippen LogP contribution >= 0.6 is 0 Å². The summed E-state index contributed by atoms with van der Waals surface area (Å²) in [6.07, 6.45) is 0.0815. The van der Waals surface area contributed by atoms with E-state index < -0.39 is 35.5 Å². The van der Waals surface area contributed by atoms with Crippen molar-refractivity contribution in [2.75, 3.05) is 38.7 Å². The Morgan fingerprint density at radius 1 is 0.805 bits per heavy atom. The molecule has 230 valence electrons. The van der Waals surface area contributed by atoms with Gasteiger partial charge in [-0.1, -0.05) is 95.3 Å². The Bertz CT molecular complexity index is 1130. The zero-order valence-corrected chi connectivity index (χ0v) is 27.8. The summed E-state index contributed by atoms with van der Waals surface area (Å²) in [5.41, 5.74) is -1.02. The van der Waals surface area contributed by atoms with Crippen molar-refractivity contribution in [1.29, 1.82) is 0 Å². The first-order valence-electron chi connectivity index (χ1n) is 14.1. The van der Waals surface area contributed by atoms with Crippen LogP contribution in [0.2, 0.25) is 5.04 Å². The van der Waals surface area contributed by atoms with E-state index in [-0.39, 0.29) is 37.2 Å². The van der Waals surface area contributed by atoms with Gasteiger partial charge in [-0.15, -0.1) is 0 Å². The van der Waals surface area contributed by atoms with Crippen LogP contribution in [-0.4, -0.2) is 67.2 Å². The van der Waals surface area contributed by atoms with Crippen molar-refractivity contribution in [3.05, 3.63) is 60.7 Å². The van der Waals surface area contributed by atoms with Crippen LogP contribution in [0, 0.1) is 5.41 Å². The number of alkyl carbamates (subject to hydrolysis) is 1. The number of hydrogen-bond donors (Lipinski definition) is 1. The fourth-order valence-electron chi connectivity index (χ4n) is 4.42. The summed E-state index contributed by atoms with van der Waals surface area (Å²) in [5, 5.41) is 4.84. The highest BCUT2D eigenvalue weighted by Gasteiger charge is 2.50. The lowest BCUT2D eigenvalue weighted by Crippen LogP contribution is -2.66.